The number of nitrogens with one attached hydrogen (secondary N) is 1. The first-order valence-corrected chi connectivity index (χ1v) is 13.8. The molecule has 9 heteroatoms. The van der Waals surface area contributed by atoms with E-state index in [0.29, 0.717) is 17.9 Å². The predicted octanol–water partition coefficient (Wildman–Crippen LogP) is 4.06. The Labute approximate surface area is 225 Å². The fourth-order valence-corrected chi connectivity index (χ4v) is 5.87. The van der Waals surface area contributed by atoms with Crippen molar-refractivity contribution in [1.29, 1.82) is 0 Å². The summed E-state index contributed by atoms with van der Waals surface area (Å²) in [4.78, 5) is 28.3. The maximum atomic E-state index is 14.0. The zero-order valence-electron chi connectivity index (χ0n) is 22.5. The topological polar surface area (TPSA) is 96.0 Å². The number of aryl methyl sites for hydroxylation is 2. The Morgan fingerprint density at radius 2 is 1.68 bits per heavy atom. The Balaban J connectivity index is 2.09. The lowest BCUT2D eigenvalue weighted by Gasteiger charge is -2.33. The zero-order valence-corrected chi connectivity index (χ0v) is 23.3. The second-order valence-corrected chi connectivity index (χ2v) is 10.9. The van der Waals surface area contributed by atoms with E-state index in [-0.39, 0.29) is 17.3 Å². The molecule has 0 saturated carbocycles. The van der Waals surface area contributed by atoms with Gasteiger partial charge in [0, 0.05) is 13.6 Å². The highest BCUT2D eigenvalue weighted by Crippen LogP contribution is 2.28. The van der Waals surface area contributed by atoms with E-state index >= 15 is 0 Å². The zero-order chi connectivity index (χ0) is 27.9. The van der Waals surface area contributed by atoms with Crippen molar-refractivity contribution in [2.24, 2.45) is 0 Å². The first-order valence-electron chi connectivity index (χ1n) is 12.4. The number of ether oxygens (including phenoxy) is 1. The van der Waals surface area contributed by atoms with E-state index in [1.54, 1.807) is 49.6 Å². The maximum Gasteiger partial charge on any atom is 0.264 e. The average molecular weight is 538 g/mol. The lowest BCUT2D eigenvalue weighted by atomic mass is 10.1. The first-order chi connectivity index (χ1) is 18.1. The normalized spacial score (nSPS) is 11.9. The van der Waals surface area contributed by atoms with E-state index in [4.69, 9.17) is 4.74 Å². The van der Waals surface area contributed by atoms with E-state index in [2.05, 4.69) is 5.32 Å². The quantitative estimate of drug-likeness (QED) is 0.398. The molecule has 0 bridgehead atoms. The van der Waals surface area contributed by atoms with Crippen molar-refractivity contribution >= 4 is 27.5 Å². The number of rotatable bonds is 11. The number of amides is 2. The third-order valence-electron chi connectivity index (χ3n) is 6.35. The van der Waals surface area contributed by atoms with Gasteiger partial charge in [0.25, 0.3) is 10.0 Å². The van der Waals surface area contributed by atoms with E-state index in [1.807, 2.05) is 39.0 Å². The van der Waals surface area contributed by atoms with Gasteiger partial charge in [-0.05, 0) is 61.7 Å². The van der Waals surface area contributed by atoms with E-state index < -0.39 is 28.5 Å². The Bertz CT molecular complexity index is 1380. The van der Waals surface area contributed by atoms with E-state index in [9.17, 15) is 18.0 Å². The number of anilines is 1. The van der Waals surface area contributed by atoms with Gasteiger partial charge in [-0.25, -0.2) is 8.42 Å². The molecule has 1 atom stereocenters. The minimum absolute atomic E-state index is 0.0745. The molecule has 1 N–H and O–H groups in total. The summed E-state index contributed by atoms with van der Waals surface area (Å²) in [6.45, 7) is 5.18. The molecule has 202 valence electrons. The molecule has 0 fully saturated rings. The number of benzene rings is 3. The Morgan fingerprint density at radius 3 is 2.29 bits per heavy atom. The minimum Gasteiger partial charge on any atom is -0.497 e. The molecular weight excluding hydrogens is 502 g/mol. The Morgan fingerprint density at radius 1 is 0.974 bits per heavy atom. The molecule has 3 aromatic rings. The molecule has 0 radical (unpaired) electrons. The van der Waals surface area contributed by atoms with Gasteiger partial charge in [-0.2, -0.15) is 0 Å². The van der Waals surface area contributed by atoms with Crippen LogP contribution in [0.15, 0.2) is 77.7 Å². The molecule has 0 spiro atoms. The molecule has 0 aliphatic carbocycles. The van der Waals surface area contributed by atoms with Gasteiger partial charge < -0.3 is 15.0 Å². The van der Waals surface area contributed by atoms with Crippen LogP contribution in [0.5, 0.6) is 5.75 Å². The number of methoxy groups -OCH3 is 1. The molecule has 3 aromatic carbocycles. The van der Waals surface area contributed by atoms with Crippen LogP contribution in [-0.4, -0.2) is 51.9 Å². The van der Waals surface area contributed by atoms with Crippen molar-refractivity contribution in [3.63, 3.8) is 0 Å². The molecule has 0 aromatic heterocycles. The summed E-state index contributed by atoms with van der Waals surface area (Å²) in [6, 6.07) is 19.9. The van der Waals surface area contributed by atoms with Crippen LogP contribution in [0, 0.1) is 13.8 Å². The van der Waals surface area contributed by atoms with Crippen molar-refractivity contribution in [2.75, 3.05) is 25.0 Å². The van der Waals surface area contributed by atoms with Gasteiger partial charge in [-0.15, -0.1) is 0 Å². The van der Waals surface area contributed by atoms with Crippen LogP contribution in [-0.2, 0) is 26.2 Å². The lowest BCUT2D eigenvalue weighted by molar-refractivity contribution is -0.140. The average Bonchev–Trinajstić information content (AvgIpc) is 2.92. The van der Waals surface area contributed by atoms with Crippen LogP contribution < -0.4 is 14.4 Å². The maximum absolute atomic E-state index is 14.0. The SMILES string of the molecule is CCC(C(=O)NC)N(Cc1cccc(OC)c1)C(=O)CN(c1ccc(C)cc1C)S(=O)(=O)c1ccccc1. The van der Waals surface area contributed by atoms with Crippen LogP contribution >= 0.6 is 0 Å². The van der Waals surface area contributed by atoms with E-state index in [1.165, 1.54) is 24.1 Å². The fourth-order valence-electron chi connectivity index (χ4n) is 4.37. The van der Waals surface area contributed by atoms with Crippen LogP contribution in [0.25, 0.3) is 0 Å². The number of nitrogens with zero attached hydrogens (tertiary/aromatic N) is 2. The fraction of sp³-hybridized carbons (Fsp3) is 0.310. The lowest BCUT2D eigenvalue weighted by Crippen LogP contribution is -2.51. The largest absolute Gasteiger partial charge is 0.497 e. The second-order valence-electron chi connectivity index (χ2n) is 9.03. The molecule has 2 amide bonds. The monoisotopic (exact) mass is 537 g/mol. The van der Waals surface area contributed by atoms with Crippen molar-refractivity contribution in [2.45, 2.75) is 44.7 Å². The van der Waals surface area contributed by atoms with Crippen LogP contribution in [0.4, 0.5) is 5.69 Å². The summed E-state index contributed by atoms with van der Waals surface area (Å²) in [5, 5.41) is 2.63. The van der Waals surface area contributed by atoms with Crippen LogP contribution in [0.3, 0.4) is 0 Å². The summed E-state index contributed by atoms with van der Waals surface area (Å²) >= 11 is 0. The molecule has 8 nitrogen and oxygen atoms in total. The smallest absolute Gasteiger partial charge is 0.264 e. The summed E-state index contributed by atoms with van der Waals surface area (Å²) < 4.78 is 34.2. The summed E-state index contributed by atoms with van der Waals surface area (Å²) in [7, 11) is -1.03. The number of carbonyl (C=O) groups is 2. The summed E-state index contributed by atoms with van der Waals surface area (Å²) in [5.41, 5.74) is 2.85. The molecule has 38 heavy (non-hydrogen) atoms. The molecule has 0 aliphatic rings. The molecule has 0 heterocycles. The molecule has 1 unspecified atom stereocenters. The van der Waals surface area contributed by atoms with Crippen LogP contribution in [0.1, 0.15) is 30.0 Å². The summed E-state index contributed by atoms with van der Waals surface area (Å²) in [6.07, 6.45) is 0.352. The van der Waals surface area contributed by atoms with Crippen LogP contribution in [0.2, 0.25) is 0 Å². The highest BCUT2D eigenvalue weighted by Gasteiger charge is 2.33. The highest BCUT2D eigenvalue weighted by molar-refractivity contribution is 7.92. The standard InChI is InChI=1S/C29H35N3O5S/c1-6-26(29(34)30-4)31(19-23-11-10-12-24(18-23)37-5)28(33)20-32(27-16-15-21(2)17-22(27)3)38(35,36)25-13-8-7-9-14-25/h7-18,26H,6,19-20H2,1-5H3,(H,30,34). The molecule has 0 saturated heterocycles. The highest BCUT2D eigenvalue weighted by atomic mass is 32.2. The van der Waals surface area contributed by atoms with Gasteiger partial charge >= 0.3 is 0 Å². The molecule has 0 aliphatic heterocycles. The first kappa shape index (κ1) is 28.7. The third kappa shape index (κ3) is 6.52. The van der Waals surface area contributed by atoms with Gasteiger partial charge in [0.1, 0.15) is 18.3 Å². The van der Waals surface area contributed by atoms with Gasteiger partial charge in [-0.1, -0.05) is 55.0 Å². The van der Waals surface area contributed by atoms with Crippen molar-refractivity contribution < 1.29 is 22.7 Å². The minimum atomic E-state index is -4.09. The van der Waals surface area contributed by atoms with Crippen molar-refractivity contribution in [1.82, 2.24) is 10.2 Å². The second kappa shape index (κ2) is 12.6. The Kier molecular flexibility index (Phi) is 9.52. The molecular formula is C29H35N3O5S. The van der Waals surface area contributed by atoms with Crippen molar-refractivity contribution in [3.05, 3.63) is 89.5 Å². The summed E-state index contributed by atoms with van der Waals surface area (Å²) in [5.74, 6) is -0.207. The van der Waals surface area contributed by atoms with Gasteiger partial charge in [0.2, 0.25) is 11.8 Å². The van der Waals surface area contributed by atoms with Gasteiger partial charge in [0.05, 0.1) is 17.7 Å². The molecule has 3 rings (SSSR count). The van der Waals surface area contributed by atoms with Crippen molar-refractivity contribution in [3.8, 4) is 5.75 Å². The van der Waals surface area contributed by atoms with E-state index in [0.717, 1.165) is 21.0 Å². The Hall–Kier alpha value is -3.85. The predicted molar refractivity (Wildman–Crippen MR) is 149 cm³/mol. The number of sulfonamides is 1. The number of hydrogen-bond donors (Lipinski definition) is 1. The number of carbonyl (C=O) groups excluding carboxylic acids is 2. The number of hydrogen-bond acceptors (Lipinski definition) is 5. The number of likely N-dealkylation sites (N-methyl/N-ethyl adjacent to an activating group) is 1. The van der Waals surface area contributed by atoms with Gasteiger partial charge in [-0.3, -0.25) is 13.9 Å². The third-order valence-corrected chi connectivity index (χ3v) is 8.12. The van der Waals surface area contributed by atoms with Gasteiger partial charge in [0.15, 0.2) is 0 Å².